The summed E-state index contributed by atoms with van der Waals surface area (Å²) in [4.78, 5) is 14.6. The summed E-state index contributed by atoms with van der Waals surface area (Å²) in [6.45, 7) is 0.816. The fraction of sp³-hybridized carbons (Fsp3) is 0.533. The Labute approximate surface area is 122 Å². The number of benzene rings is 1. The molecule has 19 heavy (non-hydrogen) atoms. The molecule has 2 atom stereocenters. The topological polar surface area (TPSA) is 46.3 Å². The van der Waals surface area contributed by atoms with Crippen LogP contribution in [0.15, 0.2) is 22.7 Å². The number of amides is 1. The molecule has 2 N–H and O–H groups in total. The van der Waals surface area contributed by atoms with Gasteiger partial charge in [0.15, 0.2) is 0 Å². The Balaban J connectivity index is 1.81. The molecule has 0 aromatic heterocycles. The van der Waals surface area contributed by atoms with Gasteiger partial charge in [-0.15, -0.1) is 0 Å². The number of fused-ring (bicyclic) bond motifs is 1. The van der Waals surface area contributed by atoms with Crippen molar-refractivity contribution in [1.29, 1.82) is 0 Å². The molecule has 0 bridgehead atoms. The Hall–Kier alpha value is -0.870. The first-order valence-corrected chi connectivity index (χ1v) is 7.80. The lowest BCUT2D eigenvalue weighted by atomic mass is 9.85. The van der Waals surface area contributed by atoms with Gasteiger partial charge in [-0.25, -0.2) is 0 Å². The second-order valence-electron chi connectivity index (χ2n) is 5.64. The van der Waals surface area contributed by atoms with Crippen LogP contribution >= 0.6 is 15.9 Å². The average molecular weight is 323 g/mol. The minimum atomic E-state index is 0.119. The summed E-state index contributed by atoms with van der Waals surface area (Å²) in [5.74, 6) is 0.390. The number of carbonyl (C=O) groups excluding carboxylic acids is 1. The van der Waals surface area contributed by atoms with Crippen molar-refractivity contribution < 1.29 is 4.79 Å². The Kier molecular flexibility index (Phi) is 3.63. The van der Waals surface area contributed by atoms with E-state index in [0.29, 0.717) is 0 Å². The van der Waals surface area contributed by atoms with Gasteiger partial charge >= 0.3 is 0 Å². The van der Waals surface area contributed by atoms with Crippen LogP contribution in [0, 0.1) is 5.92 Å². The molecular weight excluding hydrogens is 304 g/mol. The van der Waals surface area contributed by atoms with E-state index in [9.17, 15) is 4.79 Å². The first-order valence-electron chi connectivity index (χ1n) is 7.00. The van der Waals surface area contributed by atoms with Gasteiger partial charge in [0.2, 0.25) is 5.91 Å². The third-order valence-corrected chi connectivity index (χ3v) is 4.77. The number of hydrogen-bond acceptors (Lipinski definition) is 2. The van der Waals surface area contributed by atoms with E-state index in [-0.39, 0.29) is 17.9 Å². The quantitative estimate of drug-likeness (QED) is 0.864. The third kappa shape index (κ3) is 2.56. The second kappa shape index (κ2) is 5.25. The molecule has 2 unspecified atom stereocenters. The Morgan fingerprint density at radius 3 is 3.00 bits per heavy atom. The van der Waals surface area contributed by atoms with Crippen LogP contribution in [0.4, 0.5) is 5.69 Å². The van der Waals surface area contributed by atoms with Crippen LogP contribution in [0.5, 0.6) is 0 Å². The zero-order valence-corrected chi connectivity index (χ0v) is 12.5. The SMILES string of the molecule is NC1CCCC(C(=O)N2CCc3ccc(Br)cc32)C1. The lowest BCUT2D eigenvalue weighted by molar-refractivity contribution is -0.123. The highest BCUT2D eigenvalue weighted by Gasteiger charge is 2.32. The van der Waals surface area contributed by atoms with Crippen LogP contribution in [0.25, 0.3) is 0 Å². The molecule has 3 rings (SSSR count). The molecule has 2 aliphatic rings. The van der Waals surface area contributed by atoms with E-state index >= 15 is 0 Å². The standard InChI is InChI=1S/C15H19BrN2O/c16-12-5-4-10-6-7-18(14(10)9-12)15(19)11-2-1-3-13(17)8-11/h4-5,9,11,13H,1-3,6-8,17H2. The largest absolute Gasteiger partial charge is 0.328 e. The first-order chi connectivity index (χ1) is 9.15. The van der Waals surface area contributed by atoms with Gasteiger partial charge in [-0.3, -0.25) is 4.79 Å². The van der Waals surface area contributed by atoms with Crippen molar-refractivity contribution in [3.63, 3.8) is 0 Å². The fourth-order valence-electron chi connectivity index (χ4n) is 3.25. The summed E-state index contributed by atoms with van der Waals surface area (Å²) in [5.41, 5.74) is 8.36. The molecule has 0 radical (unpaired) electrons. The number of carbonyl (C=O) groups is 1. The molecule has 1 heterocycles. The van der Waals surface area contributed by atoms with Crippen LogP contribution in [0.1, 0.15) is 31.2 Å². The van der Waals surface area contributed by atoms with Gasteiger partial charge in [-0.2, -0.15) is 0 Å². The van der Waals surface area contributed by atoms with Crippen LogP contribution < -0.4 is 10.6 Å². The van der Waals surface area contributed by atoms with E-state index in [1.807, 2.05) is 11.0 Å². The van der Waals surface area contributed by atoms with Gasteiger partial charge in [-0.05, 0) is 43.4 Å². The van der Waals surface area contributed by atoms with Crippen molar-refractivity contribution in [1.82, 2.24) is 0 Å². The maximum atomic E-state index is 12.7. The Morgan fingerprint density at radius 2 is 2.21 bits per heavy atom. The van der Waals surface area contributed by atoms with E-state index in [1.165, 1.54) is 5.56 Å². The Morgan fingerprint density at radius 1 is 1.37 bits per heavy atom. The van der Waals surface area contributed by atoms with Crippen molar-refractivity contribution in [2.24, 2.45) is 11.7 Å². The molecule has 1 fully saturated rings. The van der Waals surface area contributed by atoms with E-state index in [0.717, 1.165) is 48.8 Å². The van der Waals surface area contributed by atoms with Gasteiger partial charge < -0.3 is 10.6 Å². The molecule has 1 amide bonds. The van der Waals surface area contributed by atoms with Crippen LogP contribution in [0.3, 0.4) is 0 Å². The summed E-state index contributed by atoms with van der Waals surface area (Å²) in [6.07, 6.45) is 4.95. The number of rotatable bonds is 1. The lowest BCUT2D eigenvalue weighted by Gasteiger charge is -2.29. The molecule has 3 nitrogen and oxygen atoms in total. The Bertz CT molecular complexity index is 503. The van der Waals surface area contributed by atoms with E-state index in [2.05, 4.69) is 28.1 Å². The summed E-state index contributed by atoms with van der Waals surface area (Å²) in [5, 5.41) is 0. The zero-order chi connectivity index (χ0) is 13.4. The van der Waals surface area contributed by atoms with Crippen LogP contribution in [-0.2, 0) is 11.2 Å². The number of halogens is 1. The van der Waals surface area contributed by atoms with Crippen LogP contribution in [-0.4, -0.2) is 18.5 Å². The molecule has 0 saturated heterocycles. The zero-order valence-electron chi connectivity index (χ0n) is 10.9. The number of nitrogens with zero attached hydrogens (tertiary/aromatic N) is 1. The van der Waals surface area contributed by atoms with Crippen molar-refractivity contribution >= 4 is 27.5 Å². The van der Waals surface area contributed by atoms with Crippen LogP contribution in [0.2, 0.25) is 0 Å². The van der Waals surface area contributed by atoms with Crippen molar-refractivity contribution in [3.05, 3.63) is 28.2 Å². The molecule has 1 aromatic rings. The van der Waals surface area contributed by atoms with Crippen molar-refractivity contribution in [2.75, 3.05) is 11.4 Å². The van der Waals surface area contributed by atoms with Gasteiger partial charge in [0.25, 0.3) is 0 Å². The molecule has 1 aromatic carbocycles. The maximum absolute atomic E-state index is 12.7. The van der Waals surface area contributed by atoms with Gasteiger partial charge in [0, 0.05) is 28.7 Å². The predicted octanol–water partition coefficient (Wildman–Crippen LogP) is 2.86. The molecular formula is C15H19BrN2O. The average Bonchev–Trinajstić information content (AvgIpc) is 2.80. The van der Waals surface area contributed by atoms with E-state index < -0.39 is 0 Å². The highest BCUT2D eigenvalue weighted by molar-refractivity contribution is 9.10. The fourth-order valence-corrected chi connectivity index (χ4v) is 3.60. The highest BCUT2D eigenvalue weighted by atomic mass is 79.9. The number of nitrogens with two attached hydrogens (primary N) is 1. The first kappa shape index (κ1) is 13.1. The van der Waals surface area contributed by atoms with Gasteiger partial charge in [0.05, 0.1) is 0 Å². The second-order valence-corrected chi connectivity index (χ2v) is 6.55. The van der Waals surface area contributed by atoms with Gasteiger partial charge in [-0.1, -0.05) is 28.4 Å². The molecule has 102 valence electrons. The summed E-state index contributed by atoms with van der Waals surface area (Å²) in [7, 11) is 0. The number of anilines is 1. The molecule has 4 heteroatoms. The maximum Gasteiger partial charge on any atom is 0.230 e. The normalized spacial score (nSPS) is 26.3. The van der Waals surface area contributed by atoms with E-state index in [1.54, 1.807) is 0 Å². The predicted molar refractivity (Wildman–Crippen MR) is 80.1 cm³/mol. The smallest absolute Gasteiger partial charge is 0.230 e. The molecule has 1 saturated carbocycles. The third-order valence-electron chi connectivity index (χ3n) is 4.27. The minimum absolute atomic E-state index is 0.119. The van der Waals surface area contributed by atoms with E-state index in [4.69, 9.17) is 5.73 Å². The van der Waals surface area contributed by atoms with Crippen molar-refractivity contribution in [3.8, 4) is 0 Å². The summed E-state index contributed by atoms with van der Waals surface area (Å²) < 4.78 is 1.03. The molecule has 0 spiro atoms. The summed E-state index contributed by atoms with van der Waals surface area (Å²) in [6, 6.07) is 6.42. The number of hydrogen-bond donors (Lipinski definition) is 1. The molecule has 1 aliphatic heterocycles. The lowest BCUT2D eigenvalue weighted by Crippen LogP contribution is -2.40. The molecule has 1 aliphatic carbocycles. The highest BCUT2D eigenvalue weighted by Crippen LogP contribution is 2.34. The monoisotopic (exact) mass is 322 g/mol. The summed E-state index contributed by atoms with van der Waals surface area (Å²) >= 11 is 3.49. The van der Waals surface area contributed by atoms with Gasteiger partial charge in [0.1, 0.15) is 0 Å². The van der Waals surface area contributed by atoms with Crippen molar-refractivity contribution in [2.45, 2.75) is 38.1 Å². The minimum Gasteiger partial charge on any atom is -0.328 e.